The van der Waals surface area contributed by atoms with Gasteiger partial charge in [0.05, 0.1) is 6.54 Å². The van der Waals surface area contributed by atoms with Crippen molar-refractivity contribution in [2.75, 3.05) is 39.3 Å². The monoisotopic (exact) mass is 283 g/mol. The highest BCUT2D eigenvalue weighted by atomic mass is 16.4. The van der Waals surface area contributed by atoms with Crippen LogP contribution in [0.5, 0.6) is 0 Å². The Morgan fingerprint density at radius 1 is 1.05 bits per heavy atom. The first-order chi connectivity index (χ1) is 9.65. The average molecular weight is 283 g/mol. The molecule has 0 aromatic rings. The van der Waals surface area contributed by atoms with Crippen molar-refractivity contribution in [3.8, 4) is 0 Å². The van der Waals surface area contributed by atoms with Crippen LogP contribution in [0.3, 0.4) is 0 Å². The number of amides is 2. The van der Waals surface area contributed by atoms with E-state index in [1.807, 2.05) is 4.90 Å². The average Bonchev–Trinajstić information content (AvgIpc) is 2.46. The van der Waals surface area contributed by atoms with E-state index < -0.39 is 5.97 Å². The Balaban J connectivity index is 1.65. The fourth-order valence-electron chi connectivity index (χ4n) is 3.04. The predicted molar refractivity (Wildman–Crippen MR) is 75.6 cm³/mol. The van der Waals surface area contributed by atoms with E-state index in [2.05, 4.69) is 5.32 Å². The van der Waals surface area contributed by atoms with E-state index >= 15 is 0 Å². The zero-order chi connectivity index (χ0) is 14.4. The molecule has 20 heavy (non-hydrogen) atoms. The van der Waals surface area contributed by atoms with Crippen molar-refractivity contribution < 1.29 is 14.7 Å². The van der Waals surface area contributed by atoms with Crippen molar-refractivity contribution in [1.29, 1.82) is 0 Å². The van der Waals surface area contributed by atoms with Crippen LogP contribution >= 0.6 is 0 Å². The lowest BCUT2D eigenvalue weighted by Gasteiger charge is -2.34. The van der Waals surface area contributed by atoms with Crippen LogP contribution in [0.2, 0.25) is 0 Å². The van der Waals surface area contributed by atoms with E-state index in [0.717, 1.165) is 6.54 Å². The van der Waals surface area contributed by atoms with Crippen molar-refractivity contribution in [2.45, 2.75) is 32.1 Å². The molecule has 2 aliphatic rings. The Morgan fingerprint density at radius 3 is 2.30 bits per heavy atom. The van der Waals surface area contributed by atoms with Gasteiger partial charge in [0.15, 0.2) is 0 Å². The molecule has 2 N–H and O–H groups in total. The van der Waals surface area contributed by atoms with Gasteiger partial charge in [0.2, 0.25) is 0 Å². The van der Waals surface area contributed by atoms with Crippen LogP contribution in [0.4, 0.5) is 4.79 Å². The van der Waals surface area contributed by atoms with E-state index in [1.165, 1.54) is 32.1 Å². The number of rotatable bonds is 4. The van der Waals surface area contributed by atoms with Gasteiger partial charge in [-0.1, -0.05) is 19.3 Å². The Hall–Kier alpha value is -1.30. The largest absolute Gasteiger partial charge is 0.480 e. The lowest BCUT2D eigenvalue weighted by molar-refractivity contribution is -0.138. The summed E-state index contributed by atoms with van der Waals surface area (Å²) in [5.74, 6) is -0.166. The van der Waals surface area contributed by atoms with Crippen molar-refractivity contribution in [1.82, 2.24) is 15.1 Å². The number of nitrogens with one attached hydrogen (secondary N) is 1. The third kappa shape index (κ3) is 4.67. The van der Waals surface area contributed by atoms with Crippen LogP contribution in [0.1, 0.15) is 32.1 Å². The molecule has 6 nitrogen and oxygen atoms in total. The second kappa shape index (κ2) is 7.47. The van der Waals surface area contributed by atoms with Crippen molar-refractivity contribution in [2.24, 2.45) is 5.92 Å². The molecule has 6 heteroatoms. The topological polar surface area (TPSA) is 72.9 Å². The van der Waals surface area contributed by atoms with E-state index in [9.17, 15) is 9.59 Å². The minimum atomic E-state index is -0.805. The molecule has 2 fully saturated rings. The molecule has 1 aliphatic carbocycles. The van der Waals surface area contributed by atoms with E-state index in [-0.39, 0.29) is 12.6 Å². The number of nitrogens with zero attached hydrogens (tertiary/aromatic N) is 2. The fourth-order valence-corrected chi connectivity index (χ4v) is 3.04. The smallest absolute Gasteiger partial charge is 0.317 e. The normalized spacial score (nSPS) is 21.7. The minimum Gasteiger partial charge on any atom is -0.480 e. The summed E-state index contributed by atoms with van der Waals surface area (Å²) < 4.78 is 0. The second-order valence-corrected chi connectivity index (χ2v) is 5.85. The molecule has 1 aliphatic heterocycles. The molecule has 1 saturated carbocycles. The molecular formula is C14H25N3O3. The highest BCUT2D eigenvalue weighted by Gasteiger charge is 2.23. The van der Waals surface area contributed by atoms with Gasteiger partial charge in [0, 0.05) is 32.7 Å². The standard InChI is InChI=1S/C14H25N3O3/c18-13(19)11-16-6-8-17(9-7-16)14(20)15-10-12-4-2-1-3-5-12/h12H,1-11H2,(H,15,20)(H,18,19). The number of carbonyl (C=O) groups excluding carboxylic acids is 1. The quantitative estimate of drug-likeness (QED) is 0.806. The SMILES string of the molecule is O=C(O)CN1CCN(C(=O)NCC2CCCCC2)CC1. The zero-order valence-corrected chi connectivity index (χ0v) is 12.0. The summed E-state index contributed by atoms with van der Waals surface area (Å²) in [7, 11) is 0. The van der Waals surface area contributed by atoms with Gasteiger partial charge in [-0.25, -0.2) is 4.79 Å². The molecule has 0 unspecified atom stereocenters. The van der Waals surface area contributed by atoms with Crippen LogP contribution in [-0.2, 0) is 4.79 Å². The number of carboxylic acids is 1. The van der Waals surface area contributed by atoms with Crippen molar-refractivity contribution >= 4 is 12.0 Å². The first-order valence-corrected chi connectivity index (χ1v) is 7.62. The van der Waals surface area contributed by atoms with Crippen LogP contribution in [0.15, 0.2) is 0 Å². The van der Waals surface area contributed by atoms with E-state index in [1.54, 1.807) is 4.90 Å². The highest BCUT2D eigenvalue weighted by Crippen LogP contribution is 2.22. The number of urea groups is 1. The molecule has 2 rings (SSSR count). The van der Waals surface area contributed by atoms with Gasteiger partial charge in [-0.05, 0) is 18.8 Å². The number of hydrogen-bond donors (Lipinski definition) is 2. The summed E-state index contributed by atoms with van der Waals surface area (Å²) >= 11 is 0. The predicted octanol–water partition coefficient (Wildman–Crippen LogP) is 0.978. The van der Waals surface area contributed by atoms with Crippen LogP contribution < -0.4 is 5.32 Å². The van der Waals surface area contributed by atoms with Gasteiger partial charge < -0.3 is 15.3 Å². The lowest BCUT2D eigenvalue weighted by Crippen LogP contribution is -2.53. The van der Waals surface area contributed by atoms with Crippen LogP contribution in [0, 0.1) is 5.92 Å². The Bertz CT molecular complexity index is 335. The van der Waals surface area contributed by atoms with Crippen molar-refractivity contribution in [3.05, 3.63) is 0 Å². The highest BCUT2D eigenvalue weighted by molar-refractivity contribution is 5.74. The fraction of sp³-hybridized carbons (Fsp3) is 0.857. The van der Waals surface area contributed by atoms with Gasteiger partial charge in [0.1, 0.15) is 0 Å². The lowest BCUT2D eigenvalue weighted by atomic mass is 9.89. The van der Waals surface area contributed by atoms with E-state index in [4.69, 9.17) is 5.11 Å². The number of carboxylic acid groups (broad SMARTS) is 1. The molecule has 0 bridgehead atoms. The molecule has 0 aromatic carbocycles. The van der Waals surface area contributed by atoms with E-state index in [0.29, 0.717) is 32.1 Å². The first-order valence-electron chi connectivity index (χ1n) is 7.62. The molecule has 0 spiro atoms. The summed E-state index contributed by atoms with van der Waals surface area (Å²) in [5.41, 5.74) is 0. The van der Waals surface area contributed by atoms with Gasteiger partial charge in [-0.2, -0.15) is 0 Å². The maximum Gasteiger partial charge on any atom is 0.317 e. The Kier molecular flexibility index (Phi) is 5.64. The van der Waals surface area contributed by atoms with Gasteiger partial charge in [-0.3, -0.25) is 9.69 Å². The zero-order valence-electron chi connectivity index (χ0n) is 12.0. The van der Waals surface area contributed by atoms with Gasteiger partial charge >= 0.3 is 12.0 Å². The summed E-state index contributed by atoms with van der Waals surface area (Å²) in [6.45, 7) is 3.37. The third-order valence-electron chi connectivity index (χ3n) is 4.29. The molecular weight excluding hydrogens is 258 g/mol. The Labute approximate surface area is 120 Å². The minimum absolute atomic E-state index is 0.00514. The summed E-state index contributed by atoms with van der Waals surface area (Å²) in [5, 5.41) is 11.8. The molecule has 0 atom stereocenters. The molecule has 2 amide bonds. The first kappa shape index (κ1) is 15.1. The molecule has 0 radical (unpaired) electrons. The van der Waals surface area contributed by atoms with Gasteiger partial charge in [-0.15, -0.1) is 0 Å². The number of piperazine rings is 1. The van der Waals surface area contributed by atoms with Gasteiger partial charge in [0.25, 0.3) is 0 Å². The molecule has 1 saturated heterocycles. The number of aliphatic carboxylic acids is 1. The number of carbonyl (C=O) groups is 2. The molecule has 0 aromatic heterocycles. The van der Waals surface area contributed by atoms with Crippen molar-refractivity contribution in [3.63, 3.8) is 0 Å². The van der Waals surface area contributed by atoms with Crippen LogP contribution in [0.25, 0.3) is 0 Å². The number of hydrogen-bond acceptors (Lipinski definition) is 3. The maximum absolute atomic E-state index is 12.0. The summed E-state index contributed by atoms with van der Waals surface area (Å²) in [6.07, 6.45) is 6.36. The Morgan fingerprint density at radius 2 is 1.70 bits per heavy atom. The maximum atomic E-state index is 12.0. The van der Waals surface area contributed by atoms with Crippen LogP contribution in [-0.4, -0.2) is 66.2 Å². The summed E-state index contributed by atoms with van der Waals surface area (Å²) in [6, 6.07) is 0.00514. The second-order valence-electron chi connectivity index (χ2n) is 5.85. The summed E-state index contributed by atoms with van der Waals surface area (Å²) in [4.78, 5) is 26.3. The molecule has 1 heterocycles. The third-order valence-corrected chi connectivity index (χ3v) is 4.29. The molecule has 114 valence electrons.